The van der Waals surface area contributed by atoms with Crippen LogP contribution in [0.2, 0.25) is 0 Å². The first kappa shape index (κ1) is 18.3. The van der Waals surface area contributed by atoms with Crippen LogP contribution in [0.25, 0.3) is 0 Å². The summed E-state index contributed by atoms with van der Waals surface area (Å²) in [4.78, 5) is 14.7. The molecule has 0 amide bonds. The lowest BCUT2D eigenvalue weighted by molar-refractivity contribution is -0.150. The van der Waals surface area contributed by atoms with E-state index < -0.39 is 0 Å². The number of benzene rings is 2. The minimum Gasteiger partial charge on any atom is -0.497 e. The molecule has 5 heteroatoms. The van der Waals surface area contributed by atoms with Gasteiger partial charge in [-0.3, -0.25) is 9.69 Å². The molecule has 1 aliphatic heterocycles. The van der Waals surface area contributed by atoms with Gasteiger partial charge in [0, 0.05) is 6.54 Å². The molecule has 1 atom stereocenters. The highest BCUT2D eigenvalue weighted by atomic mass is 16.5. The molecule has 5 nitrogen and oxygen atoms in total. The van der Waals surface area contributed by atoms with E-state index in [9.17, 15) is 4.79 Å². The van der Waals surface area contributed by atoms with Crippen molar-refractivity contribution in [3.63, 3.8) is 0 Å². The first-order chi connectivity index (χ1) is 12.7. The molecule has 2 aromatic carbocycles. The van der Waals surface area contributed by atoms with Gasteiger partial charge in [-0.1, -0.05) is 24.3 Å². The number of methoxy groups -OCH3 is 2. The average molecular weight is 355 g/mol. The SMILES string of the molecule is COc1ccc(COC(=O)C2CCCN2Cc2ccc(OC)cc2)cc1. The molecule has 0 N–H and O–H groups in total. The normalized spacial score (nSPS) is 17.1. The van der Waals surface area contributed by atoms with Crippen LogP contribution in [0.5, 0.6) is 11.5 Å². The molecular weight excluding hydrogens is 330 g/mol. The molecule has 1 saturated heterocycles. The maximum Gasteiger partial charge on any atom is 0.323 e. The molecule has 3 rings (SSSR count). The quantitative estimate of drug-likeness (QED) is 0.713. The van der Waals surface area contributed by atoms with Crippen LogP contribution < -0.4 is 9.47 Å². The van der Waals surface area contributed by atoms with Crippen molar-refractivity contribution >= 4 is 5.97 Å². The lowest BCUT2D eigenvalue weighted by atomic mass is 10.1. The van der Waals surface area contributed by atoms with Gasteiger partial charge in [0.05, 0.1) is 14.2 Å². The molecule has 0 bridgehead atoms. The van der Waals surface area contributed by atoms with E-state index >= 15 is 0 Å². The Morgan fingerprint density at radius 2 is 1.54 bits per heavy atom. The van der Waals surface area contributed by atoms with Crippen molar-refractivity contribution < 1.29 is 19.0 Å². The monoisotopic (exact) mass is 355 g/mol. The smallest absolute Gasteiger partial charge is 0.323 e. The standard InChI is InChI=1S/C21H25NO4/c1-24-18-9-5-16(6-10-18)14-22-13-3-4-20(22)21(23)26-15-17-7-11-19(25-2)12-8-17/h5-12,20H,3-4,13-15H2,1-2H3. The Bertz CT molecular complexity index is 712. The summed E-state index contributed by atoms with van der Waals surface area (Å²) in [6, 6.07) is 15.4. The molecular formula is C21H25NO4. The highest BCUT2D eigenvalue weighted by Gasteiger charge is 2.31. The van der Waals surface area contributed by atoms with E-state index in [1.807, 2.05) is 48.5 Å². The Labute approximate surface area is 154 Å². The number of hydrogen-bond acceptors (Lipinski definition) is 5. The van der Waals surface area contributed by atoms with Gasteiger partial charge in [0.1, 0.15) is 24.1 Å². The van der Waals surface area contributed by atoms with E-state index in [1.165, 1.54) is 5.56 Å². The second-order valence-electron chi connectivity index (χ2n) is 6.43. The summed E-state index contributed by atoms with van der Waals surface area (Å²) in [5.41, 5.74) is 2.12. The minimum atomic E-state index is -0.171. The van der Waals surface area contributed by atoms with Crippen molar-refractivity contribution in [2.24, 2.45) is 0 Å². The lowest BCUT2D eigenvalue weighted by Gasteiger charge is -2.23. The van der Waals surface area contributed by atoms with Crippen molar-refractivity contribution in [3.8, 4) is 11.5 Å². The molecule has 1 fully saturated rings. The van der Waals surface area contributed by atoms with Crippen LogP contribution in [0.4, 0.5) is 0 Å². The van der Waals surface area contributed by atoms with Gasteiger partial charge in [-0.2, -0.15) is 0 Å². The number of ether oxygens (including phenoxy) is 3. The molecule has 26 heavy (non-hydrogen) atoms. The number of carbonyl (C=O) groups is 1. The van der Waals surface area contributed by atoms with Gasteiger partial charge in [-0.05, 0) is 54.8 Å². The van der Waals surface area contributed by atoms with Crippen LogP contribution in [0.1, 0.15) is 24.0 Å². The third kappa shape index (κ3) is 4.55. The van der Waals surface area contributed by atoms with Gasteiger partial charge in [0.25, 0.3) is 0 Å². The predicted molar refractivity (Wildman–Crippen MR) is 99.2 cm³/mol. The van der Waals surface area contributed by atoms with Crippen molar-refractivity contribution in [2.75, 3.05) is 20.8 Å². The van der Waals surface area contributed by atoms with Crippen molar-refractivity contribution in [1.82, 2.24) is 4.90 Å². The first-order valence-corrected chi connectivity index (χ1v) is 8.86. The topological polar surface area (TPSA) is 48.0 Å². The molecule has 0 spiro atoms. The van der Waals surface area contributed by atoms with E-state index in [0.717, 1.165) is 43.0 Å². The summed E-state index contributed by atoms with van der Waals surface area (Å²) in [7, 11) is 3.29. The largest absolute Gasteiger partial charge is 0.497 e. The van der Waals surface area contributed by atoms with Gasteiger partial charge < -0.3 is 14.2 Å². The van der Waals surface area contributed by atoms with Crippen molar-refractivity contribution in [1.29, 1.82) is 0 Å². The molecule has 1 heterocycles. The highest BCUT2D eigenvalue weighted by Crippen LogP contribution is 2.23. The molecule has 1 aliphatic rings. The minimum absolute atomic E-state index is 0.146. The molecule has 0 saturated carbocycles. The van der Waals surface area contributed by atoms with Gasteiger partial charge >= 0.3 is 5.97 Å². The van der Waals surface area contributed by atoms with Crippen molar-refractivity contribution in [2.45, 2.75) is 32.0 Å². The van der Waals surface area contributed by atoms with Crippen molar-refractivity contribution in [3.05, 3.63) is 59.7 Å². The molecule has 0 radical (unpaired) electrons. The van der Waals surface area contributed by atoms with Crippen LogP contribution in [0.3, 0.4) is 0 Å². The fourth-order valence-electron chi connectivity index (χ4n) is 3.22. The van der Waals surface area contributed by atoms with Crippen LogP contribution >= 0.6 is 0 Å². The summed E-state index contributed by atoms with van der Waals surface area (Å²) in [6.07, 6.45) is 1.86. The molecule has 2 aromatic rings. The van der Waals surface area contributed by atoms with E-state index in [1.54, 1.807) is 14.2 Å². The number of carbonyl (C=O) groups excluding carboxylic acids is 1. The Morgan fingerprint density at radius 3 is 2.12 bits per heavy atom. The van der Waals surface area contributed by atoms with Gasteiger partial charge in [0.2, 0.25) is 0 Å². The number of esters is 1. The van der Waals surface area contributed by atoms with Crippen LogP contribution in [0, 0.1) is 0 Å². The van der Waals surface area contributed by atoms with Crippen LogP contribution in [-0.2, 0) is 22.7 Å². The van der Waals surface area contributed by atoms with Crippen LogP contribution in [-0.4, -0.2) is 37.7 Å². The molecule has 0 aromatic heterocycles. The third-order valence-electron chi connectivity index (χ3n) is 4.72. The second kappa shape index (κ2) is 8.72. The highest BCUT2D eigenvalue weighted by molar-refractivity contribution is 5.76. The number of likely N-dealkylation sites (tertiary alicyclic amines) is 1. The summed E-state index contributed by atoms with van der Waals surface area (Å²) in [6.45, 7) is 1.94. The molecule has 0 aliphatic carbocycles. The van der Waals surface area contributed by atoms with Gasteiger partial charge in [-0.25, -0.2) is 0 Å². The van der Waals surface area contributed by atoms with Crippen LogP contribution in [0.15, 0.2) is 48.5 Å². The zero-order valence-electron chi connectivity index (χ0n) is 15.3. The number of hydrogen-bond donors (Lipinski definition) is 0. The summed E-state index contributed by atoms with van der Waals surface area (Å²) >= 11 is 0. The second-order valence-corrected chi connectivity index (χ2v) is 6.43. The summed E-state index contributed by atoms with van der Waals surface area (Å²) in [5.74, 6) is 1.49. The van der Waals surface area contributed by atoms with E-state index in [2.05, 4.69) is 4.90 Å². The lowest BCUT2D eigenvalue weighted by Crippen LogP contribution is -2.36. The van der Waals surface area contributed by atoms with Gasteiger partial charge in [-0.15, -0.1) is 0 Å². The maximum absolute atomic E-state index is 12.5. The molecule has 138 valence electrons. The number of nitrogens with zero attached hydrogens (tertiary/aromatic N) is 1. The van der Waals surface area contributed by atoms with E-state index in [4.69, 9.17) is 14.2 Å². The third-order valence-corrected chi connectivity index (χ3v) is 4.72. The van der Waals surface area contributed by atoms with E-state index in [0.29, 0.717) is 0 Å². The van der Waals surface area contributed by atoms with Gasteiger partial charge in [0.15, 0.2) is 0 Å². The Balaban J connectivity index is 1.55. The zero-order chi connectivity index (χ0) is 18.4. The molecule has 1 unspecified atom stereocenters. The Hall–Kier alpha value is -2.53. The predicted octanol–water partition coefficient (Wildman–Crippen LogP) is 3.41. The zero-order valence-corrected chi connectivity index (χ0v) is 15.3. The average Bonchev–Trinajstić information content (AvgIpc) is 3.15. The van der Waals surface area contributed by atoms with E-state index in [-0.39, 0.29) is 18.6 Å². The summed E-state index contributed by atoms with van der Waals surface area (Å²) < 4.78 is 15.9. The Kier molecular flexibility index (Phi) is 6.12. The fraction of sp³-hybridized carbons (Fsp3) is 0.381. The first-order valence-electron chi connectivity index (χ1n) is 8.86. The number of rotatable bonds is 7. The maximum atomic E-state index is 12.5. The fourth-order valence-corrected chi connectivity index (χ4v) is 3.22. The Morgan fingerprint density at radius 1 is 0.962 bits per heavy atom. The summed E-state index contributed by atoms with van der Waals surface area (Å²) in [5, 5.41) is 0.